The Bertz CT molecular complexity index is 1050. The number of fused-ring (bicyclic) bond motifs is 1. The molecule has 2 heterocycles. The van der Waals surface area contributed by atoms with Crippen LogP contribution in [-0.4, -0.2) is 45.5 Å². The van der Waals surface area contributed by atoms with Crippen LogP contribution in [0.15, 0.2) is 35.6 Å². The lowest BCUT2D eigenvalue weighted by molar-refractivity contribution is 0.0526. The largest absolute Gasteiger partial charge is 0.493 e. The highest BCUT2D eigenvalue weighted by Crippen LogP contribution is 2.30. The molecule has 1 aromatic carbocycles. The lowest BCUT2D eigenvalue weighted by atomic mass is 10.2. The van der Waals surface area contributed by atoms with E-state index in [9.17, 15) is 9.00 Å². The van der Waals surface area contributed by atoms with Crippen LogP contribution >= 0.6 is 0 Å². The van der Waals surface area contributed by atoms with Crippen LogP contribution in [0, 0.1) is 0 Å². The third-order valence-corrected chi connectivity index (χ3v) is 5.50. The van der Waals surface area contributed by atoms with E-state index in [1.807, 2.05) is 0 Å². The van der Waals surface area contributed by atoms with Crippen LogP contribution in [0.4, 0.5) is 0 Å². The van der Waals surface area contributed by atoms with Crippen molar-refractivity contribution in [1.29, 1.82) is 0 Å². The fraction of sp³-hybridized carbons (Fsp3) is 0.316. The number of carbonyl (C=O) groups is 1. The zero-order valence-corrected chi connectivity index (χ0v) is 16.9. The van der Waals surface area contributed by atoms with Crippen molar-refractivity contribution >= 4 is 27.8 Å². The number of imidazole rings is 1. The Morgan fingerprint density at radius 1 is 1.21 bits per heavy atom. The molecule has 0 radical (unpaired) electrons. The monoisotopic (exact) mass is 403 g/mol. The fourth-order valence-corrected chi connectivity index (χ4v) is 4.04. The SMILES string of the molecule is CCOC(=O)c1ccc2nc(S(=O)Cc3nccc(OC)c3OC)n(C)c2c1. The summed E-state index contributed by atoms with van der Waals surface area (Å²) in [6.07, 6.45) is 1.58. The summed E-state index contributed by atoms with van der Waals surface area (Å²) in [6.45, 7) is 2.05. The number of methoxy groups -OCH3 is 2. The van der Waals surface area contributed by atoms with E-state index >= 15 is 0 Å². The van der Waals surface area contributed by atoms with Crippen molar-refractivity contribution in [3.8, 4) is 11.5 Å². The average molecular weight is 403 g/mol. The molecule has 0 bridgehead atoms. The van der Waals surface area contributed by atoms with Gasteiger partial charge in [-0.15, -0.1) is 0 Å². The molecule has 0 N–H and O–H groups in total. The maximum absolute atomic E-state index is 13.0. The topological polar surface area (TPSA) is 92.5 Å². The second kappa shape index (κ2) is 8.39. The number of nitrogens with zero attached hydrogens (tertiary/aromatic N) is 3. The Hall–Kier alpha value is -2.94. The number of rotatable bonds is 7. The van der Waals surface area contributed by atoms with Crippen LogP contribution in [0.1, 0.15) is 23.0 Å². The molecule has 148 valence electrons. The third-order valence-electron chi connectivity index (χ3n) is 4.19. The molecule has 0 fully saturated rings. The predicted molar refractivity (Wildman–Crippen MR) is 104 cm³/mol. The first-order valence-corrected chi connectivity index (χ1v) is 9.89. The van der Waals surface area contributed by atoms with E-state index in [0.717, 1.165) is 0 Å². The molecule has 9 heteroatoms. The molecule has 0 spiro atoms. The Balaban J connectivity index is 1.95. The zero-order valence-electron chi connectivity index (χ0n) is 16.1. The minimum atomic E-state index is -1.48. The van der Waals surface area contributed by atoms with Gasteiger partial charge in [-0.2, -0.15) is 0 Å². The number of esters is 1. The van der Waals surface area contributed by atoms with Crippen molar-refractivity contribution in [3.63, 3.8) is 0 Å². The molecule has 0 saturated heterocycles. The summed E-state index contributed by atoms with van der Waals surface area (Å²) in [5.41, 5.74) is 2.27. The molecule has 1 unspecified atom stereocenters. The summed E-state index contributed by atoms with van der Waals surface area (Å²) in [7, 11) is 3.32. The van der Waals surface area contributed by atoms with Gasteiger partial charge in [-0.05, 0) is 25.1 Å². The Kier molecular flexibility index (Phi) is 5.93. The molecule has 28 heavy (non-hydrogen) atoms. The lowest BCUT2D eigenvalue weighted by Crippen LogP contribution is -2.07. The van der Waals surface area contributed by atoms with Crippen LogP contribution in [0.2, 0.25) is 0 Å². The highest BCUT2D eigenvalue weighted by Gasteiger charge is 2.20. The van der Waals surface area contributed by atoms with Crippen LogP contribution < -0.4 is 9.47 Å². The fourth-order valence-electron chi connectivity index (χ4n) is 2.85. The van der Waals surface area contributed by atoms with Crippen molar-refractivity contribution in [2.24, 2.45) is 7.05 Å². The van der Waals surface area contributed by atoms with E-state index in [0.29, 0.717) is 45.6 Å². The van der Waals surface area contributed by atoms with Gasteiger partial charge in [0, 0.05) is 19.3 Å². The summed E-state index contributed by atoms with van der Waals surface area (Å²) < 4.78 is 30.4. The zero-order chi connectivity index (χ0) is 20.3. The first-order chi connectivity index (χ1) is 13.5. The second-order valence-corrected chi connectivity index (χ2v) is 7.21. The molecule has 0 saturated carbocycles. The van der Waals surface area contributed by atoms with E-state index in [-0.39, 0.29) is 5.75 Å². The van der Waals surface area contributed by atoms with Gasteiger partial charge in [0.05, 0.1) is 59.7 Å². The molecule has 0 amide bonds. The van der Waals surface area contributed by atoms with Crippen molar-refractivity contribution in [2.75, 3.05) is 20.8 Å². The summed E-state index contributed by atoms with van der Waals surface area (Å²) in [4.78, 5) is 20.7. The smallest absolute Gasteiger partial charge is 0.338 e. The predicted octanol–water partition coefficient (Wildman–Crippen LogP) is 2.47. The van der Waals surface area contributed by atoms with Gasteiger partial charge < -0.3 is 18.8 Å². The molecule has 0 aliphatic rings. The van der Waals surface area contributed by atoms with Crippen molar-refractivity contribution in [1.82, 2.24) is 14.5 Å². The minimum absolute atomic E-state index is 0.113. The maximum Gasteiger partial charge on any atom is 0.338 e. The van der Waals surface area contributed by atoms with E-state index in [1.54, 1.807) is 49.0 Å². The standard InChI is InChI=1S/C19H21N3O5S/c1-5-27-18(23)12-6-7-13-15(10-12)22(2)19(21-13)28(24)11-14-17(26-4)16(25-3)8-9-20-14/h6-10H,5,11H2,1-4H3. The van der Waals surface area contributed by atoms with Crippen LogP contribution in [0.25, 0.3) is 11.0 Å². The van der Waals surface area contributed by atoms with Gasteiger partial charge in [0.25, 0.3) is 0 Å². The third kappa shape index (κ3) is 3.70. The van der Waals surface area contributed by atoms with E-state index in [1.165, 1.54) is 14.2 Å². The van der Waals surface area contributed by atoms with E-state index in [4.69, 9.17) is 14.2 Å². The lowest BCUT2D eigenvalue weighted by Gasteiger charge is -2.11. The van der Waals surface area contributed by atoms with E-state index < -0.39 is 16.8 Å². The first kappa shape index (κ1) is 19.8. The number of ether oxygens (including phenoxy) is 3. The number of carbonyl (C=O) groups excluding carboxylic acids is 1. The molecule has 2 aromatic heterocycles. The van der Waals surface area contributed by atoms with Gasteiger partial charge in [-0.3, -0.25) is 9.19 Å². The second-order valence-electron chi connectivity index (χ2n) is 5.86. The molecule has 0 aliphatic heterocycles. The number of hydrogen-bond acceptors (Lipinski definition) is 7. The quantitative estimate of drug-likeness (QED) is 0.560. The van der Waals surface area contributed by atoms with E-state index in [2.05, 4.69) is 9.97 Å². The number of hydrogen-bond donors (Lipinski definition) is 0. The Morgan fingerprint density at radius 3 is 2.68 bits per heavy atom. The molecular weight excluding hydrogens is 382 g/mol. The summed E-state index contributed by atoms with van der Waals surface area (Å²) in [5, 5.41) is 0.377. The minimum Gasteiger partial charge on any atom is -0.493 e. The van der Waals surface area contributed by atoms with Gasteiger partial charge in [-0.1, -0.05) is 0 Å². The van der Waals surface area contributed by atoms with Gasteiger partial charge in [0.2, 0.25) is 0 Å². The van der Waals surface area contributed by atoms with Crippen molar-refractivity contribution in [2.45, 2.75) is 17.8 Å². The van der Waals surface area contributed by atoms with Gasteiger partial charge in [0.1, 0.15) is 0 Å². The summed E-state index contributed by atoms with van der Waals surface area (Å²) >= 11 is 0. The molecule has 8 nitrogen and oxygen atoms in total. The highest BCUT2D eigenvalue weighted by atomic mass is 32.2. The normalized spacial score (nSPS) is 12.0. The Morgan fingerprint density at radius 2 is 2.00 bits per heavy atom. The maximum atomic E-state index is 13.0. The number of aromatic nitrogens is 3. The Labute approximate surface area is 164 Å². The van der Waals surface area contributed by atoms with Crippen molar-refractivity contribution < 1.29 is 23.2 Å². The molecule has 3 rings (SSSR count). The summed E-state index contributed by atoms with van der Waals surface area (Å²) in [5.74, 6) is 0.677. The number of pyridine rings is 1. The van der Waals surface area contributed by atoms with Gasteiger partial charge in [-0.25, -0.2) is 9.78 Å². The van der Waals surface area contributed by atoms with Crippen molar-refractivity contribution in [3.05, 3.63) is 41.7 Å². The van der Waals surface area contributed by atoms with Crippen LogP contribution in [0.3, 0.4) is 0 Å². The van der Waals surface area contributed by atoms with Crippen LogP contribution in [-0.2, 0) is 28.3 Å². The highest BCUT2D eigenvalue weighted by molar-refractivity contribution is 7.84. The average Bonchev–Trinajstić information content (AvgIpc) is 3.04. The molecule has 3 aromatic rings. The molecular formula is C19H21N3O5S. The van der Waals surface area contributed by atoms with Gasteiger partial charge >= 0.3 is 5.97 Å². The molecule has 0 aliphatic carbocycles. The first-order valence-electron chi connectivity index (χ1n) is 8.58. The van der Waals surface area contributed by atoms with Gasteiger partial charge in [0.15, 0.2) is 16.7 Å². The van der Waals surface area contributed by atoms with Crippen LogP contribution in [0.5, 0.6) is 11.5 Å². The summed E-state index contributed by atoms with van der Waals surface area (Å²) in [6, 6.07) is 6.72. The number of benzene rings is 1. The number of aryl methyl sites for hydroxylation is 1. The molecule has 1 atom stereocenters.